The topological polar surface area (TPSA) is 50.8 Å². The van der Waals surface area contributed by atoms with Crippen molar-refractivity contribution in [3.05, 3.63) is 10.7 Å². The lowest BCUT2D eigenvalue weighted by molar-refractivity contribution is -0.135. The molecule has 0 aromatic rings. The molecule has 3 aliphatic rings. The summed E-state index contributed by atoms with van der Waals surface area (Å²) in [5.74, 6) is -0.420. The van der Waals surface area contributed by atoms with Crippen molar-refractivity contribution in [2.75, 3.05) is 39.6 Å². The average molecular weight is 273 g/mol. The van der Waals surface area contributed by atoms with Crippen molar-refractivity contribution in [2.45, 2.75) is 12.8 Å². The van der Waals surface area contributed by atoms with Gasteiger partial charge in [0.1, 0.15) is 18.4 Å². The van der Waals surface area contributed by atoms with E-state index in [2.05, 4.69) is 10.2 Å². The lowest BCUT2D eigenvalue weighted by Gasteiger charge is -2.45. The van der Waals surface area contributed by atoms with E-state index in [4.69, 9.17) is 21.1 Å². The van der Waals surface area contributed by atoms with Gasteiger partial charge in [-0.2, -0.15) is 0 Å². The number of nitrogens with zero attached hydrogens (tertiary/aromatic N) is 1. The maximum Gasteiger partial charge on any atom is 0.352 e. The van der Waals surface area contributed by atoms with Crippen LogP contribution >= 0.6 is 11.6 Å². The van der Waals surface area contributed by atoms with Crippen LogP contribution in [0, 0.1) is 5.41 Å². The summed E-state index contributed by atoms with van der Waals surface area (Å²) in [6.07, 6.45) is 2.20. The first-order chi connectivity index (χ1) is 8.70. The molecule has 0 radical (unpaired) electrons. The van der Waals surface area contributed by atoms with Crippen LogP contribution in [-0.2, 0) is 14.3 Å². The van der Waals surface area contributed by atoms with Crippen LogP contribution in [0.2, 0.25) is 0 Å². The predicted molar refractivity (Wildman–Crippen MR) is 65.9 cm³/mol. The van der Waals surface area contributed by atoms with Crippen molar-refractivity contribution in [1.82, 2.24) is 10.2 Å². The van der Waals surface area contributed by atoms with Gasteiger partial charge in [-0.15, -0.1) is 0 Å². The second-order valence-corrected chi connectivity index (χ2v) is 5.64. The first-order valence-electron chi connectivity index (χ1n) is 6.29. The van der Waals surface area contributed by atoms with Crippen LogP contribution < -0.4 is 5.32 Å². The molecule has 0 aliphatic carbocycles. The molecule has 3 aliphatic heterocycles. The number of carbonyl (C=O) groups is 1. The molecule has 0 saturated carbocycles. The lowest BCUT2D eigenvalue weighted by atomic mass is 9.78. The largest absolute Gasteiger partial charge is 0.455 e. The predicted octanol–water partition coefficient (Wildman–Crippen LogP) is 0.653. The molecule has 5 nitrogen and oxygen atoms in total. The van der Waals surface area contributed by atoms with Gasteiger partial charge in [-0.1, -0.05) is 11.6 Å². The summed E-state index contributed by atoms with van der Waals surface area (Å²) in [5, 5.41) is 3.58. The Kier molecular flexibility index (Phi) is 3.21. The highest BCUT2D eigenvalue weighted by Crippen LogP contribution is 2.36. The smallest absolute Gasteiger partial charge is 0.352 e. The molecule has 0 amide bonds. The first kappa shape index (κ1) is 12.3. The molecule has 0 bridgehead atoms. The molecule has 0 aromatic carbocycles. The number of carbonyl (C=O) groups excluding carboxylic acids is 1. The number of nitrogens with one attached hydrogen (secondary N) is 1. The second-order valence-electron chi connectivity index (χ2n) is 5.26. The molecule has 0 aromatic heterocycles. The normalized spacial score (nSPS) is 27.8. The summed E-state index contributed by atoms with van der Waals surface area (Å²) in [7, 11) is 0. The monoisotopic (exact) mass is 272 g/mol. The van der Waals surface area contributed by atoms with Crippen molar-refractivity contribution >= 4 is 17.6 Å². The Balaban J connectivity index is 1.76. The Morgan fingerprint density at radius 3 is 2.78 bits per heavy atom. The molecule has 3 rings (SSSR count). The maximum atomic E-state index is 11.3. The van der Waals surface area contributed by atoms with E-state index in [9.17, 15) is 4.79 Å². The summed E-state index contributed by atoms with van der Waals surface area (Å²) in [4.78, 5) is 13.4. The van der Waals surface area contributed by atoms with Crippen LogP contribution in [0.3, 0.4) is 0 Å². The summed E-state index contributed by atoms with van der Waals surface area (Å²) >= 11 is 5.98. The molecule has 1 spiro atoms. The van der Waals surface area contributed by atoms with E-state index in [0.29, 0.717) is 6.73 Å². The van der Waals surface area contributed by atoms with E-state index in [1.807, 2.05) is 0 Å². The van der Waals surface area contributed by atoms with Crippen LogP contribution in [0.1, 0.15) is 12.8 Å². The molecule has 6 heteroatoms. The van der Waals surface area contributed by atoms with E-state index in [0.717, 1.165) is 44.8 Å². The molecule has 18 heavy (non-hydrogen) atoms. The molecular weight excluding hydrogens is 256 g/mol. The molecule has 2 saturated heterocycles. The number of hydrogen-bond acceptors (Lipinski definition) is 5. The van der Waals surface area contributed by atoms with Gasteiger partial charge in [-0.3, -0.25) is 0 Å². The fraction of sp³-hybridized carbons (Fsp3) is 0.750. The lowest BCUT2D eigenvalue weighted by Crippen LogP contribution is -2.51. The van der Waals surface area contributed by atoms with Crippen molar-refractivity contribution in [1.29, 1.82) is 0 Å². The first-order valence-corrected chi connectivity index (χ1v) is 6.67. The minimum absolute atomic E-state index is 0.194. The Morgan fingerprint density at radius 1 is 1.33 bits per heavy atom. The highest BCUT2D eigenvalue weighted by atomic mass is 35.5. The third-order valence-corrected chi connectivity index (χ3v) is 4.37. The third kappa shape index (κ3) is 2.11. The number of esters is 1. The van der Waals surface area contributed by atoms with Crippen molar-refractivity contribution < 1.29 is 14.3 Å². The molecule has 3 heterocycles. The Labute approximate surface area is 111 Å². The standard InChI is InChI=1S/C12H17ClN2O3/c13-10-9(5-18-11(10)16)15-6-12(7-17-8-15)1-3-14-4-2-12/h14H,1-8H2. The van der Waals surface area contributed by atoms with Crippen LogP contribution in [0.25, 0.3) is 0 Å². The number of hydrogen-bond donors (Lipinski definition) is 1. The van der Waals surface area contributed by atoms with Crippen LogP contribution in [0.5, 0.6) is 0 Å². The Morgan fingerprint density at radius 2 is 2.11 bits per heavy atom. The van der Waals surface area contributed by atoms with Gasteiger partial charge in [-0.25, -0.2) is 4.79 Å². The van der Waals surface area contributed by atoms with Gasteiger partial charge in [0.2, 0.25) is 0 Å². The molecule has 100 valence electrons. The zero-order valence-electron chi connectivity index (χ0n) is 10.2. The van der Waals surface area contributed by atoms with Crippen molar-refractivity contribution in [3.8, 4) is 0 Å². The fourth-order valence-corrected chi connectivity index (χ4v) is 3.14. The second kappa shape index (κ2) is 4.72. The molecule has 2 fully saturated rings. The molecule has 0 atom stereocenters. The zero-order chi connectivity index (χ0) is 12.6. The number of cyclic esters (lactones) is 1. The van der Waals surface area contributed by atoms with Gasteiger partial charge in [0.15, 0.2) is 0 Å². The van der Waals surface area contributed by atoms with Crippen LogP contribution in [0.15, 0.2) is 10.7 Å². The average Bonchev–Trinajstić information content (AvgIpc) is 2.71. The van der Waals surface area contributed by atoms with E-state index in [1.54, 1.807) is 0 Å². The van der Waals surface area contributed by atoms with Crippen molar-refractivity contribution in [2.24, 2.45) is 5.41 Å². The van der Waals surface area contributed by atoms with Gasteiger partial charge < -0.3 is 19.7 Å². The van der Waals surface area contributed by atoms with E-state index >= 15 is 0 Å². The van der Waals surface area contributed by atoms with Gasteiger partial charge >= 0.3 is 5.97 Å². The number of ether oxygens (including phenoxy) is 2. The highest BCUT2D eigenvalue weighted by Gasteiger charge is 2.40. The minimum atomic E-state index is -0.420. The minimum Gasteiger partial charge on any atom is -0.455 e. The van der Waals surface area contributed by atoms with Crippen LogP contribution in [0.4, 0.5) is 0 Å². The fourth-order valence-electron chi connectivity index (χ4n) is 2.91. The Bertz CT molecular complexity index is 385. The van der Waals surface area contributed by atoms with E-state index in [1.165, 1.54) is 0 Å². The molecule has 0 unspecified atom stereocenters. The summed E-state index contributed by atoms with van der Waals surface area (Å²) in [6, 6.07) is 0. The van der Waals surface area contributed by atoms with Gasteiger partial charge in [0.25, 0.3) is 0 Å². The van der Waals surface area contributed by atoms with Gasteiger partial charge in [0.05, 0.1) is 12.3 Å². The van der Waals surface area contributed by atoms with E-state index in [-0.39, 0.29) is 17.1 Å². The van der Waals surface area contributed by atoms with Gasteiger partial charge in [-0.05, 0) is 25.9 Å². The number of rotatable bonds is 1. The summed E-state index contributed by atoms with van der Waals surface area (Å²) in [5.41, 5.74) is 0.971. The van der Waals surface area contributed by atoms with E-state index < -0.39 is 5.97 Å². The number of piperidine rings is 1. The molecular formula is C12H17ClN2O3. The number of halogens is 1. The summed E-state index contributed by atoms with van der Waals surface area (Å²) in [6.45, 7) is 4.52. The van der Waals surface area contributed by atoms with Crippen molar-refractivity contribution in [3.63, 3.8) is 0 Å². The third-order valence-electron chi connectivity index (χ3n) is 4.00. The Hall–Kier alpha value is -0.780. The SMILES string of the molecule is O=C1OCC(N2COCC3(CCNCC3)C2)=C1Cl. The van der Waals surface area contributed by atoms with Gasteiger partial charge in [0, 0.05) is 12.0 Å². The summed E-state index contributed by atoms with van der Waals surface area (Å²) < 4.78 is 10.7. The highest BCUT2D eigenvalue weighted by molar-refractivity contribution is 6.42. The zero-order valence-corrected chi connectivity index (χ0v) is 11.0. The van der Waals surface area contributed by atoms with Crippen LogP contribution in [-0.4, -0.2) is 50.4 Å². The maximum absolute atomic E-state index is 11.3. The molecule has 1 N–H and O–H groups in total. The quantitative estimate of drug-likeness (QED) is 0.711.